The van der Waals surface area contributed by atoms with E-state index in [2.05, 4.69) is 15.3 Å². The number of thioether (sulfide) groups is 1. The van der Waals surface area contributed by atoms with Crippen molar-refractivity contribution in [3.05, 3.63) is 6.07 Å². The molecule has 1 fully saturated rings. The molecule has 2 heterocycles. The highest BCUT2D eigenvalue weighted by molar-refractivity contribution is 7.98. The molecule has 0 aromatic carbocycles. The predicted molar refractivity (Wildman–Crippen MR) is 99.4 cm³/mol. The molecule has 7 nitrogen and oxygen atoms in total. The fourth-order valence-electron chi connectivity index (χ4n) is 2.59. The SMILES string of the molecule is CCOc1cc(NC2CCCN(C(=O)OC(C)(C)C)C2)nc(SC)n1. The van der Waals surface area contributed by atoms with Gasteiger partial charge in [0.25, 0.3) is 0 Å². The van der Waals surface area contributed by atoms with Crippen LogP contribution in [0.5, 0.6) is 5.88 Å². The van der Waals surface area contributed by atoms with Crippen LogP contribution in [0.4, 0.5) is 10.6 Å². The lowest BCUT2D eigenvalue weighted by atomic mass is 10.1. The second kappa shape index (κ2) is 8.60. The smallest absolute Gasteiger partial charge is 0.410 e. The Kier molecular flexibility index (Phi) is 6.75. The second-order valence-corrected chi connectivity index (χ2v) is 7.69. The maximum absolute atomic E-state index is 12.3. The number of rotatable bonds is 5. The van der Waals surface area contributed by atoms with Crippen LogP contribution in [-0.4, -0.2) is 58.6 Å². The first-order chi connectivity index (χ1) is 11.8. The second-order valence-electron chi connectivity index (χ2n) is 6.92. The van der Waals surface area contributed by atoms with Gasteiger partial charge in [-0.25, -0.2) is 9.78 Å². The molecule has 1 aliphatic heterocycles. The molecule has 1 aliphatic rings. The molecule has 1 unspecified atom stereocenters. The molecular weight excluding hydrogens is 340 g/mol. The van der Waals surface area contributed by atoms with E-state index in [-0.39, 0.29) is 12.1 Å². The van der Waals surface area contributed by atoms with Crippen LogP contribution in [-0.2, 0) is 4.74 Å². The number of amides is 1. The van der Waals surface area contributed by atoms with Crippen LogP contribution in [0.15, 0.2) is 11.2 Å². The molecule has 0 bridgehead atoms. The van der Waals surface area contributed by atoms with Crippen LogP contribution in [0.3, 0.4) is 0 Å². The molecule has 0 spiro atoms. The monoisotopic (exact) mass is 368 g/mol. The Bertz CT molecular complexity index is 592. The zero-order valence-corrected chi connectivity index (χ0v) is 16.5. The van der Waals surface area contributed by atoms with Crippen molar-refractivity contribution in [3.63, 3.8) is 0 Å². The molecule has 1 amide bonds. The van der Waals surface area contributed by atoms with E-state index in [1.165, 1.54) is 11.8 Å². The lowest BCUT2D eigenvalue weighted by Gasteiger charge is -2.34. The van der Waals surface area contributed by atoms with Crippen molar-refractivity contribution in [2.24, 2.45) is 0 Å². The maximum atomic E-state index is 12.3. The molecule has 0 saturated carbocycles. The number of piperidine rings is 1. The Hall–Kier alpha value is -1.70. The molecule has 2 rings (SSSR count). The Morgan fingerprint density at radius 1 is 1.44 bits per heavy atom. The van der Waals surface area contributed by atoms with Gasteiger partial charge in [0.2, 0.25) is 5.88 Å². The molecule has 0 radical (unpaired) electrons. The summed E-state index contributed by atoms with van der Waals surface area (Å²) < 4.78 is 11.0. The molecule has 1 aromatic rings. The summed E-state index contributed by atoms with van der Waals surface area (Å²) in [7, 11) is 0. The number of carbonyl (C=O) groups excluding carboxylic acids is 1. The van der Waals surface area contributed by atoms with Crippen LogP contribution in [0, 0.1) is 0 Å². The minimum atomic E-state index is -0.482. The van der Waals surface area contributed by atoms with Gasteiger partial charge in [-0.15, -0.1) is 0 Å². The topological polar surface area (TPSA) is 76.6 Å². The van der Waals surface area contributed by atoms with Gasteiger partial charge in [-0.3, -0.25) is 0 Å². The number of aromatic nitrogens is 2. The third-order valence-corrected chi connectivity index (χ3v) is 4.13. The van der Waals surface area contributed by atoms with E-state index >= 15 is 0 Å². The van der Waals surface area contributed by atoms with Gasteiger partial charge in [0.05, 0.1) is 6.61 Å². The summed E-state index contributed by atoms with van der Waals surface area (Å²) in [5.74, 6) is 1.28. The molecule has 1 atom stereocenters. The van der Waals surface area contributed by atoms with E-state index in [9.17, 15) is 4.79 Å². The average molecular weight is 369 g/mol. The van der Waals surface area contributed by atoms with Gasteiger partial charge < -0.3 is 19.7 Å². The molecule has 140 valence electrons. The number of anilines is 1. The minimum absolute atomic E-state index is 0.125. The summed E-state index contributed by atoms with van der Waals surface area (Å²) >= 11 is 1.47. The van der Waals surface area contributed by atoms with Gasteiger partial charge in [-0.05, 0) is 46.8 Å². The standard InChI is InChI=1S/C17H28N4O3S/c1-6-23-14-10-13(19-15(20-14)25-5)18-12-8-7-9-21(11-12)16(22)24-17(2,3)4/h10,12H,6-9,11H2,1-5H3,(H,18,19,20). The number of nitrogens with one attached hydrogen (secondary N) is 1. The first-order valence-electron chi connectivity index (χ1n) is 8.61. The number of likely N-dealkylation sites (tertiary alicyclic amines) is 1. The normalized spacial score (nSPS) is 18.0. The summed E-state index contributed by atoms with van der Waals surface area (Å²) in [6, 6.07) is 1.93. The van der Waals surface area contributed by atoms with Crippen molar-refractivity contribution in [2.45, 2.75) is 57.3 Å². The third-order valence-electron chi connectivity index (χ3n) is 3.58. The van der Waals surface area contributed by atoms with Crippen LogP contribution < -0.4 is 10.1 Å². The average Bonchev–Trinajstić information content (AvgIpc) is 2.53. The zero-order valence-electron chi connectivity index (χ0n) is 15.7. The van der Waals surface area contributed by atoms with E-state index in [0.717, 1.165) is 25.2 Å². The molecule has 1 aromatic heterocycles. The zero-order chi connectivity index (χ0) is 18.4. The predicted octanol–water partition coefficient (Wildman–Crippen LogP) is 3.41. The van der Waals surface area contributed by atoms with Crippen LogP contribution in [0.2, 0.25) is 0 Å². The number of nitrogens with zero attached hydrogens (tertiary/aromatic N) is 3. The summed E-state index contributed by atoms with van der Waals surface area (Å²) in [5, 5.41) is 4.07. The Balaban J connectivity index is 2.02. The highest BCUT2D eigenvalue weighted by Gasteiger charge is 2.27. The van der Waals surface area contributed by atoms with Crippen molar-refractivity contribution >= 4 is 23.7 Å². The molecule has 0 aliphatic carbocycles. The number of hydrogen-bond donors (Lipinski definition) is 1. The van der Waals surface area contributed by atoms with Crippen molar-refractivity contribution in [2.75, 3.05) is 31.3 Å². The van der Waals surface area contributed by atoms with Gasteiger partial charge in [0.1, 0.15) is 11.4 Å². The van der Waals surface area contributed by atoms with E-state index in [1.807, 2.05) is 34.0 Å². The first kappa shape index (κ1) is 19.6. The fourth-order valence-corrected chi connectivity index (χ4v) is 2.96. The van der Waals surface area contributed by atoms with Gasteiger partial charge in [-0.2, -0.15) is 4.98 Å². The van der Waals surface area contributed by atoms with Gasteiger partial charge in [0, 0.05) is 25.2 Å². The number of carbonyl (C=O) groups is 1. The summed E-state index contributed by atoms with van der Waals surface area (Å²) in [6.45, 7) is 9.43. The third kappa shape index (κ3) is 6.26. The molecular formula is C17H28N4O3S. The number of ether oxygens (including phenoxy) is 2. The molecule has 1 N–H and O–H groups in total. The van der Waals surface area contributed by atoms with Crippen LogP contribution in [0.25, 0.3) is 0 Å². The van der Waals surface area contributed by atoms with Crippen molar-refractivity contribution in [1.82, 2.24) is 14.9 Å². The lowest BCUT2D eigenvalue weighted by Crippen LogP contribution is -2.47. The van der Waals surface area contributed by atoms with Crippen molar-refractivity contribution in [1.29, 1.82) is 0 Å². The molecule has 25 heavy (non-hydrogen) atoms. The molecule has 8 heteroatoms. The summed E-state index contributed by atoms with van der Waals surface area (Å²) in [5.41, 5.74) is -0.482. The lowest BCUT2D eigenvalue weighted by molar-refractivity contribution is 0.0206. The van der Waals surface area contributed by atoms with E-state index < -0.39 is 5.60 Å². The highest BCUT2D eigenvalue weighted by atomic mass is 32.2. The minimum Gasteiger partial charge on any atom is -0.478 e. The van der Waals surface area contributed by atoms with Gasteiger partial charge in [-0.1, -0.05) is 11.8 Å². The van der Waals surface area contributed by atoms with E-state index in [0.29, 0.717) is 24.2 Å². The molecule has 1 saturated heterocycles. The van der Waals surface area contributed by atoms with Crippen LogP contribution >= 0.6 is 11.8 Å². The van der Waals surface area contributed by atoms with Crippen LogP contribution in [0.1, 0.15) is 40.5 Å². The van der Waals surface area contributed by atoms with Gasteiger partial charge in [0.15, 0.2) is 5.16 Å². The largest absolute Gasteiger partial charge is 0.478 e. The van der Waals surface area contributed by atoms with Gasteiger partial charge >= 0.3 is 6.09 Å². The fraction of sp³-hybridized carbons (Fsp3) is 0.706. The van der Waals surface area contributed by atoms with Crippen molar-refractivity contribution in [3.8, 4) is 5.88 Å². The highest BCUT2D eigenvalue weighted by Crippen LogP contribution is 2.22. The summed E-state index contributed by atoms with van der Waals surface area (Å²) in [4.78, 5) is 22.8. The summed E-state index contributed by atoms with van der Waals surface area (Å²) in [6.07, 6.45) is 3.57. The maximum Gasteiger partial charge on any atom is 0.410 e. The Morgan fingerprint density at radius 3 is 2.84 bits per heavy atom. The quantitative estimate of drug-likeness (QED) is 0.630. The van der Waals surface area contributed by atoms with E-state index in [1.54, 1.807) is 11.0 Å². The number of hydrogen-bond acceptors (Lipinski definition) is 7. The first-order valence-corrected chi connectivity index (χ1v) is 9.83. The Labute approximate surface area is 153 Å². The van der Waals surface area contributed by atoms with E-state index in [4.69, 9.17) is 9.47 Å². The van der Waals surface area contributed by atoms with Crippen molar-refractivity contribution < 1.29 is 14.3 Å². The Morgan fingerprint density at radius 2 is 2.20 bits per heavy atom.